The molecule has 0 bridgehead atoms. The average molecular weight is 947 g/mol. The first kappa shape index (κ1) is 42.6. The molecule has 0 aliphatic heterocycles. The molecule has 0 amide bonds. The van der Waals surface area contributed by atoms with Gasteiger partial charge >= 0.3 is 0 Å². The molecular weight excluding hydrogens is 901 g/mol. The lowest BCUT2D eigenvalue weighted by atomic mass is 9.94. The zero-order valence-electron chi connectivity index (χ0n) is 39.9. The Kier molecular flexibility index (Phi) is 10.4. The monoisotopic (exact) mass is 946 g/mol. The molecule has 0 unspecified atom stereocenters. The Morgan fingerprint density at radius 2 is 0.603 bits per heavy atom. The summed E-state index contributed by atoms with van der Waals surface area (Å²) in [7, 11) is 0. The van der Waals surface area contributed by atoms with Crippen LogP contribution < -0.4 is 9.80 Å². The first-order chi connectivity index (χ1) is 36.2. The Morgan fingerprint density at radius 1 is 0.205 bits per heavy atom. The number of rotatable bonds is 9. The molecule has 0 saturated carbocycles. The van der Waals surface area contributed by atoms with Crippen molar-refractivity contribution in [1.29, 1.82) is 0 Å². The van der Waals surface area contributed by atoms with Gasteiger partial charge in [-0.1, -0.05) is 194 Å². The van der Waals surface area contributed by atoms with Gasteiger partial charge in [-0.25, -0.2) is 0 Å². The summed E-state index contributed by atoms with van der Waals surface area (Å²) < 4.78 is 2.66. The first-order valence-corrected chi connectivity index (χ1v) is 25.8. The highest BCUT2D eigenvalue weighted by Crippen LogP contribution is 2.44. The van der Waals surface area contributed by atoms with E-state index < -0.39 is 0 Å². The number of hydrogen-bond donors (Lipinski definition) is 0. The average Bonchev–Trinajstić information content (AvgIpc) is 3.85. The molecule has 0 N–H and O–H groups in total. The number of benzene rings is 13. The van der Waals surface area contributed by atoms with Crippen molar-refractivity contribution in [1.82, 2.24) is 0 Å². The Balaban J connectivity index is 0.821. The van der Waals surface area contributed by atoms with Gasteiger partial charge in [0.05, 0.1) is 5.69 Å². The second kappa shape index (κ2) is 17.8. The second-order valence-electron chi connectivity index (χ2n) is 18.9. The molecule has 0 spiro atoms. The third kappa shape index (κ3) is 7.58. The van der Waals surface area contributed by atoms with Crippen LogP contribution in [0.3, 0.4) is 0 Å². The first-order valence-electron chi connectivity index (χ1n) is 25.0. The van der Waals surface area contributed by atoms with Crippen LogP contribution in [0.25, 0.3) is 96.6 Å². The van der Waals surface area contributed by atoms with Crippen molar-refractivity contribution in [2.75, 3.05) is 9.80 Å². The van der Waals surface area contributed by atoms with Crippen molar-refractivity contribution < 1.29 is 0 Å². The van der Waals surface area contributed by atoms with Crippen molar-refractivity contribution >= 4 is 109 Å². The van der Waals surface area contributed by atoms with Crippen LogP contribution in [0.2, 0.25) is 0 Å². The van der Waals surface area contributed by atoms with E-state index in [2.05, 4.69) is 289 Å². The SMILES string of the molecule is c1ccc(N(c2ccc(-c3ccc(N(c4ccc(-c5ccc(-c6ccc7sc8ccccc8c7c6)cc5)cc4)c4ccc5c6ccccc6c6ccccc6c5c4)cc3)cc2)c2cccc3ccccc23)cc1. The van der Waals surface area contributed by atoms with Crippen LogP contribution in [0.5, 0.6) is 0 Å². The summed E-state index contributed by atoms with van der Waals surface area (Å²) in [6.07, 6.45) is 0. The van der Waals surface area contributed by atoms with E-state index in [0.717, 1.165) is 45.3 Å². The van der Waals surface area contributed by atoms with Crippen LogP contribution in [-0.2, 0) is 0 Å². The lowest BCUT2D eigenvalue weighted by molar-refractivity contribution is 1.29. The minimum absolute atomic E-state index is 1.09. The summed E-state index contributed by atoms with van der Waals surface area (Å²) in [4.78, 5) is 4.76. The largest absolute Gasteiger partial charge is 0.310 e. The summed E-state index contributed by atoms with van der Waals surface area (Å²) >= 11 is 1.86. The summed E-state index contributed by atoms with van der Waals surface area (Å²) in [6.45, 7) is 0. The van der Waals surface area contributed by atoms with E-state index in [4.69, 9.17) is 0 Å². The van der Waals surface area contributed by atoms with Crippen LogP contribution >= 0.6 is 11.3 Å². The van der Waals surface area contributed by atoms with Crippen molar-refractivity contribution in [2.24, 2.45) is 0 Å². The van der Waals surface area contributed by atoms with Crippen LogP contribution in [0.15, 0.2) is 279 Å². The summed E-state index contributed by atoms with van der Waals surface area (Å²) in [6, 6.07) is 102. The molecule has 0 aliphatic carbocycles. The van der Waals surface area contributed by atoms with Crippen LogP contribution in [0, 0.1) is 0 Å². The van der Waals surface area contributed by atoms with Gasteiger partial charge < -0.3 is 9.80 Å². The topological polar surface area (TPSA) is 6.48 Å². The third-order valence-corrected chi connectivity index (χ3v) is 15.8. The van der Waals surface area contributed by atoms with E-state index in [-0.39, 0.29) is 0 Å². The van der Waals surface area contributed by atoms with Gasteiger partial charge in [0.2, 0.25) is 0 Å². The Bertz CT molecular complexity index is 4310. The maximum atomic E-state index is 2.40. The lowest BCUT2D eigenvalue weighted by Gasteiger charge is -2.27. The maximum Gasteiger partial charge on any atom is 0.0540 e. The van der Waals surface area contributed by atoms with Crippen molar-refractivity contribution in [3.63, 3.8) is 0 Å². The van der Waals surface area contributed by atoms with Gasteiger partial charge in [-0.2, -0.15) is 0 Å². The molecule has 1 heterocycles. The number of nitrogens with zero attached hydrogens (tertiary/aromatic N) is 2. The summed E-state index contributed by atoms with van der Waals surface area (Å²) in [5.41, 5.74) is 13.8. The molecular formula is C70H46N2S. The normalized spacial score (nSPS) is 11.6. The van der Waals surface area contributed by atoms with Gasteiger partial charge in [-0.3, -0.25) is 0 Å². The molecule has 3 heteroatoms. The van der Waals surface area contributed by atoms with Crippen LogP contribution in [-0.4, -0.2) is 0 Å². The van der Waals surface area contributed by atoms with Crippen LogP contribution in [0.4, 0.5) is 34.1 Å². The molecule has 0 aliphatic rings. The van der Waals surface area contributed by atoms with Gasteiger partial charge in [-0.05, 0) is 156 Å². The van der Waals surface area contributed by atoms with Crippen molar-refractivity contribution in [2.45, 2.75) is 0 Å². The molecule has 0 atom stereocenters. The highest BCUT2D eigenvalue weighted by Gasteiger charge is 2.19. The fourth-order valence-corrected chi connectivity index (χ4v) is 12.1. The molecule has 0 radical (unpaired) electrons. The highest BCUT2D eigenvalue weighted by atomic mass is 32.1. The Hall–Kier alpha value is -9.28. The number of fused-ring (bicyclic) bond motifs is 10. The molecule has 1 aromatic heterocycles. The molecule has 73 heavy (non-hydrogen) atoms. The van der Waals surface area contributed by atoms with E-state index in [1.165, 1.54) is 85.5 Å². The zero-order chi connectivity index (χ0) is 48.2. The molecule has 0 fully saturated rings. The van der Waals surface area contributed by atoms with Crippen LogP contribution in [0.1, 0.15) is 0 Å². The van der Waals surface area contributed by atoms with E-state index in [1.807, 2.05) is 11.3 Å². The number of thiophene rings is 1. The molecule has 342 valence electrons. The summed E-state index contributed by atoms with van der Waals surface area (Å²) in [5.74, 6) is 0. The Morgan fingerprint density at radius 3 is 1.21 bits per heavy atom. The standard InChI is InChI=1S/C70H46N2S/c1-2-15-54(16-3-1)72(68-23-12-14-52-13-4-5-17-59(52)68)57-40-33-50(34-41-57)49-31-38-56(39-32-49)71(58-42-43-64-62-20-7-6-18-60(62)61-19-8-9-21-63(61)66(64)46-58)55-36-29-48(30-37-55)47-25-27-51(28-26-47)53-35-44-70-67(45-53)65-22-10-11-24-69(65)73-70/h1-46H. The molecule has 13 aromatic carbocycles. The molecule has 14 rings (SSSR count). The Labute approximate surface area is 428 Å². The third-order valence-electron chi connectivity index (χ3n) is 14.6. The maximum absolute atomic E-state index is 2.40. The fraction of sp³-hybridized carbons (Fsp3) is 0. The lowest BCUT2D eigenvalue weighted by Crippen LogP contribution is -2.10. The van der Waals surface area contributed by atoms with Gasteiger partial charge in [0, 0.05) is 54.0 Å². The second-order valence-corrected chi connectivity index (χ2v) is 19.9. The van der Waals surface area contributed by atoms with Crippen molar-refractivity contribution in [3.05, 3.63) is 279 Å². The van der Waals surface area contributed by atoms with Gasteiger partial charge in [0.15, 0.2) is 0 Å². The van der Waals surface area contributed by atoms with E-state index in [1.54, 1.807) is 0 Å². The van der Waals surface area contributed by atoms with E-state index in [0.29, 0.717) is 0 Å². The minimum Gasteiger partial charge on any atom is -0.310 e. The quantitative estimate of drug-likeness (QED) is 0.133. The smallest absolute Gasteiger partial charge is 0.0540 e. The van der Waals surface area contributed by atoms with Crippen molar-refractivity contribution in [3.8, 4) is 33.4 Å². The molecule has 2 nitrogen and oxygen atoms in total. The fourth-order valence-electron chi connectivity index (χ4n) is 11.1. The van der Waals surface area contributed by atoms with Gasteiger partial charge in [-0.15, -0.1) is 11.3 Å². The summed E-state index contributed by atoms with van der Waals surface area (Å²) in [5, 5.41) is 12.6. The van der Waals surface area contributed by atoms with Gasteiger partial charge in [0.1, 0.15) is 0 Å². The number of hydrogen-bond acceptors (Lipinski definition) is 3. The molecule has 0 saturated heterocycles. The zero-order valence-corrected chi connectivity index (χ0v) is 40.7. The molecule has 14 aromatic rings. The predicted octanol–water partition coefficient (Wildman–Crippen LogP) is 20.6. The van der Waals surface area contributed by atoms with E-state index >= 15 is 0 Å². The predicted molar refractivity (Wildman–Crippen MR) is 315 cm³/mol. The highest BCUT2D eigenvalue weighted by molar-refractivity contribution is 7.25. The number of para-hydroxylation sites is 1. The van der Waals surface area contributed by atoms with E-state index in [9.17, 15) is 0 Å². The minimum atomic E-state index is 1.09. The number of anilines is 6. The van der Waals surface area contributed by atoms with Gasteiger partial charge in [0.25, 0.3) is 0 Å².